The first-order chi connectivity index (χ1) is 49.3. The fraction of sp³-hybridized carbons (Fsp3) is 0.308. The molecule has 0 bridgehead atoms. The minimum absolute atomic E-state index is 0.0476. The molecule has 2 aliphatic carbocycles. The Balaban J connectivity index is 0.964. The molecule has 12 rings (SSSR count). The molecule has 0 saturated heterocycles. The molecule has 104 heavy (non-hydrogen) atoms. The van der Waals surface area contributed by atoms with Crippen LogP contribution in [-0.4, -0.2) is 68.2 Å². The Labute approximate surface area is 588 Å². The zero-order chi connectivity index (χ0) is 74.6. The molecular formula is C78H65BF13N3O9. The number of carbonyl (C=O) groups is 5. The van der Waals surface area contributed by atoms with Crippen molar-refractivity contribution in [3.63, 3.8) is 0 Å². The number of hydrogen-bond acceptors (Lipinski definition) is 10. The topological polar surface area (TPSA) is 143 Å². The van der Waals surface area contributed by atoms with E-state index in [1.807, 2.05) is 0 Å². The summed E-state index contributed by atoms with van der Waals surface area (Å²) in [6, 6.07) is 19.3. The van der Waals surface area contributed by atoms with E-state index in [1.165, 1.54) is 60.1 Å². The minimum atomic E-state index is -5.42. The summed E-state index contributed by atoms with van der Waals surface area (Å²) in [6.45, 7) is 6.74. The number of ether oxygens (including phenoxy) is 4. The lowest BCUT2D eigenvalue weighted by Crippen LogP contribution is -2.27. The van der Waals surface area contributed by atoms with Crippen LogP contribution < -0.4 is 14.4 Å². The number of anilines is 1. The maximum Gasteiger partial charge on any atom is 0.448 e. The van der Waals surface area contributed by atoms with E-state index in [2.05, 4.69) is 0 Å². The third-order valence-electron chi connectivity index (χ3n) is 19.6. The van der Waals surface area contributed by atoms with Crippen molar-refractivity contribution < 1.29 is 99.9 Å². The number of fused-ring (bicyclic) bond motifs is 2. The van der Waals surface area contributed by atoms with Gasteiger partial charge in [-0.3, -0.25) is 19.4 Å². The van der Waals surface area contributed by atoms with Gasteiger partial charge in [0.2, 0.25) is 0 Å². The average Bonchev–Trinajstić information content (AvgIpc) is 0.811. The van der Waals surface area contributed by atoms with Gasteiger partial charge in [0.1, 0.15) is 17.2 Å². The molecule has 12 nitrogen and oxygen atoms in total. The molecule has 2 fully saturated rings. The van der Waals surface area contributed by atoms with Crippen LogP contribution in [0.3, 0.4) is 0 Å². The van der Waals surface area contributed by atoms with Gasteiger partial charge in [0.15, 0.2) is 6.29 Å². The smallest absolute Gasteiger partial charge is 0.448 e. The predicted molar refractivity (Wildman–Crippen MR) is 365 cm³/mol. The number of aliphatic imine (C=N–C) groups is 1. The van der Waals surface area contributed by atoms with Crippen LogP contribution in [0.4, 0.5) is 62.7 Å². The van der Waals surface area contributed by atoms with E-state index in [-0.39, 0.29) is 89.3 Å². The maximum absolute atomic E-state index is 15.8. The van der Waals surface area contributed by atoms with E-state index in [4.69, 9.17) is 23.9 Å². The van der Waals surface area contributed by atoms with Gasteiger partial charge in [-0.2, -0.15) is 52.7 Å². The maximum atomic E-state index is 15.8. The number of nitrogens with zero attached hydrogens (tertiary/aromatic N) is 3. The van der Waals surface area contributed by atoms with Crippen molar-refractivity contribution in [2.45, 2.75) is 135 Å². The summed E-state index contributed by atoms with van der Waals surface area (Å²) in [6.07, 6.45) is -12.0. The van der Waals surface area contributed by atoms with E-state index >= 15 is 9.11 Å². The monoisotopic (exact) mass is 1450 g/mol. The Morgan fingerprint density at radius 3 is 1.67 bits per heavy atom. The van der Waals surface area contributed by atoms with E-state index in [1.54, 1.807) is 52.0 Å². The van der Waals surface area contributed by atoms with Gasteiger partial charge < -0.3 is 32.6 Å². The van der Waals surface area contributed by atoms with Gasteiger partial charge in [0, 0.05) is 68.3 Å². The van der Waals surface area contributed by atoms with E-state index in [9.17, 15) is 71.9 Å². The number of halogens is 13. The zero-order valence-corrected chi connectivity index (χ0v) is 56.6. The second-order valence-electron chi connectivity index (χ2n) is 26.1. The molecule has 0 unspecified atom stereocenters. The van der Waals surface area contributed by atoms with Crippen molar-refractivity contribution in [3.8, 4) is 50.6 Å². The molecule has 8 aromatic rings. The number of benzene rings is 7. The van der Waals surface area contributed by atoms with Crippen molar-refractivity contribution in [2.75, 3.05) is 25.2 Å². The highest BCUT2D eigenvalue weighted by Gasteiger charge is 2.42. The molecular weight excluding hydrogens is 1380 g/mol. The van der Waals surface area contributed by atoms with Crippen LogP contribution in [0.2, 0.25) is 0 Å². The first kappa shape index (κ1) is 73.5. The number of para-hydroxylation sites is 1. The molecule has 0 spiro atoms. The highest BCUT2D eigenvalue weighted by Crippen LogP contribution is 2.57. The molecule has 3 heterocycles. The van der Waals surface area contributed by atoms with Crippen molar-refractivity contribution in [1.29, 1.82) is 0 Å². The lowest BCUT2D eigenvalue weighted by atomic mass is 9.74. The molecule has 0 atom stereocenters. The van der Waals surface area contributed by atoms with Crippen LogP contribution in [0.1, 0.15) is 184 Å². The van der Waals surface area contributed by atoms with Gasteiger partial charge >= 0.3 is 50.3 Å². The number of amides is 1. The minimum Gasteiger partial charge on any atom is -0.462 e. The van der Waals surface area contributed by atoms with Crippen molar-refractivity contribution >= 4 is 65.5 Å². The van der Waals surface area contributed by atoms with E-state index < -0.39 is 128 Å². The van der Waals surface area contributed by atoms with Gasteiger partial charge in [0.25, 0.3) is 5.91 Å². The van der Waals surface area contributed by atoms with Crippen LogP contribution >= 0.6 is 0 Å². The van der Waals surface area contributed by atoms with Crippen molar-refractivity contribution in [1.82, 2.24) is 4.48 Å². The van der Waals surface area contributed by atoms with Gasteiger partial charge in [0.05, 0.1) is 64.4 Å². The van der Waals surface area contributed by atoms with Crippen LogP contribution in [0.25, 0.3) is 49.7 Å². The molecule has 1 amide bonds. The zero-order valence-electron chi connectivity index (χ0n) is 56.6. The molecule has 2 saturated carbocycles. The summed E-state index contributed by atoms with van der Waals surface area (Å²) in [7, 11) is 0.176. The molecule has 26 heteroatoms. The van der Waals surface area contributed by atoms with Gasteiger partial charge in [-0.05, 0) is 195 Å². The van der Waals surface area contributed by atoms with Gasteiger partial charge in [-0.15, -0.1) is 0 Å². The predicted octanol–water partition coefficient (Wildman–Crippen LogP) is 20.4. The molecule has 0 N–H and O–H groups in total. The molecule has 1 aromatic heterocycles. The van der Waals surface area contributed by atoms with Gasteiger partial charge in [-0.1, -0.05) is 68.9 Å². The number of esters is 3. The highest BCUT2D eigenvalue weighted by atomic mass is 19.4. The van der Waals surface area contributed by atoms with Crippen molar-refractivity contribution in [2.24, 2.45) is 4.99 Å². The van der Waals surface area contributed by atoms with E-state index in [0.29, 0.717) is 63.8 Å². The fourth-order valence-electron chi connectivity index (χ4n) is 14.6. The molecule has 2 aliphatic heterocycles. The van der Waals surface area contributed by atoms with Crippen LogP contribution in [0.15, 0.2) is 138 Å². The summed E-state index contributed by atoms with van der Waals surface area (Å²) in [5.41, 5.74) is -6.80. The Hall–Kier alpha value is -10.3. The summed E-state index contributed by atoms with van der Waals surface area (Å²) in [5.74, 6) is -4.00. The third-order valence-corrected chi connectivity index (χ3v) is 19.6. The molecule has 4 aliphatic rings. The second kappa shape index (κ2) is 28.8. The molecule has 0 radical (unpaired) electrons. The van der Waals surface area contributed by atoms with Crippen molar-refractivity contribution in [3.05, 3.63) is 205 Å². The highest BCUT2D eigenvalue weighted by molar-refractivity contribution is 6.27. The summed E-state index contributed by atoms with van der Waals surface area (Å²) in [5, 5.41) is -0.846. The number of hydrogen-bond donors (Lipinski definition) is 0. The summed E-state index contributed by atoms with van der Waals surface area (Å²) in [4.78, 5) is 76.6. The first-order valence-corrected chi connectivity index (χ1v) is 33.7. The Morgan fingerprint density at radius 2 is 1.15 bits per heavy atom. The van der Waals surface area contributed by atoms with Crippen LogP contribution in [-0.2, 0) is 50.2 Å². The second-order valence-corrected chi connectivity index (χ2v) is 26.1. The third kappa shape index (κ3) is 14.4. The SMILES string of the molecule is CCOC(=O)C1=C/C(=C(\c2c(C3CCCCC3)cc(OC(=O)Cc3ccc(N(C)C(=O)c4cc(-c5cc(C(F)(F)F)cc(C(F)(F)F)c5)c5c6c(c(-c7cc(C(F)(F)F)cc(C(F)(F)F)c7)cc(C=O)c46)Oc4ccccc4-5)cc3)cc2C2CCCCC2)c2cc(C(=O)OCC)c(C)n2BF)N=C1C. The lowest BCUT2D eigenvalue weighted by molar-refractivity contribution is -0.144. The van der Waals surface area contributed by atoms with Gasteiger partial charge in [-0.25, -0.2) is 9.59 Å². The van der Waals surface area contributed by atoms with Crippen LogP contribution in [0.5, 0.6) is 17.2 Å². The molecule has 540 valence electrons. The number of alkyl halides is 12. The number of aldehydes is 1. The van der Waals surface area contributed by atoms with E-state index in [0.717, 1.165) is 92.4 Å². The van der Waals surface area contributed by atoms with Crippen LogP contribution in [0, 0.1) is 6.92 Å². The average molecular weight is 1450 g/mol. The number of allylic oxidation sites excluding steroid dienone is 1. The first-order valence-electron chi connectivity index (χ1n) is 33.7. The Morgan fingerprint density at radius 1 is 0.625 bits per heavy atom. The standard InChI is InChI=1S/C78H65BF13N3O9/c1-6-101-73(99)55-37-62(93-40(55)3)69(63-38-56(74(100)102-7-2)41(4)95(63)79-92)68-57(43-16-10-8-11-17-43)34-53(35-58(68)44-18-12-9-13-19-44)103-65(97)26-42-22-24-52(25-23-42)94(5)72(98)61-36-59(45-27-48(75(80,81)82)32-49(28-45)76(83,84)85)67-54-20-14-15-21-64(54)104-71-60(31-47(39-96)66(61)70(67)71)46-29-50(77(86,87)88)33-51(30-46)78(89,90)91/h14-15,20-25,27-39,43-44,79H,6-13,16-19,26H2,1-5H3/b69-62+. The fourth-order valence-corrected chi connectivity index (χ4v) is 14.6. The number of aromatic nitrogens is 1. The lowest BCUT2D eigenvalue weighted by Gasteiger charge is -2.32. The molecule has 7 aromatic carbocycles. The largest absolute Gasteiger partial charge is 0.462 e. The number of rotatable bonds is 17. The Kier molecular flexibility index (Phi) is 20.3. The summed E-state index contributed by atoms with van der Waals surface area (Å²) >= 11 is 0. The Bertz CT molecular complexity index is 4790. The quantitative estimate of drug-likeness (QED) is 0.0286. The summed E-state index contributed by atoms with van der Waals surface area (Å²) < 4.78 is 216. The normalized spacial score (nSPS) is 15.6. The number of carbonyl (C=O) groups excluding carboxylic acids is 5.